The number of nitrogens with zero attached hydrogens (tertiary/aromatic N) is 2. The Morgan fingerprint density at radius 3 is 2.77 bits per heavy atom. The third-order valence-corrected chi connectivity index (χ3v) is 7.15. The molecular formula is C23H26N4O3S. The Hall–Kier alpha value is -2.87. The zero-order valence-corrected chi connectivity index (χ0v) is 18.3. The molecule has 1 saturated heterocycles. The predicted molar refractivity (Wildman–Crippen MR) is 119 cm³/mol. The lowest BCUT2D eigenvalue weighted by Gasteiger charge is -2.36. The highest BCUT2D eigenvalue weighted by atomic mass is 32.2. The van der Waals surface area contributed by atoms with Crippen molar-refractivity contribution in [2.24, 2.45) is 5.92 Å². The van der Waals surface area contributed by atoms with Crippen LogP contribution in [0.5, 0.6) is 0 Å². The molecule has 2 unspecified atom stereocenters. The summed E-state index contributed by atoms with van der Waals surface area (Å²) in [5, 5.41) is 5.65. The van der Waals surface area contributed by atoms with E-state index in [-0.39, 0.29) is 24.3 Å². The number of amides is 4. The van der Waals surface area contributed by atoms with E-state index in [0.29, 0.717) is 12.1 Å². The summed E-state index contributed by atoms with van der Waals surface area (Å²) in [6.45, 7) is 1.71. The minimum atomic E-state index is -0.844. The molecule has 0 radical (unpaired) electrons. The molecule has 2 N–H and O–H groups in total. The molecule has 2 aliphatic rings. The summed E-state index contributed by atoms with van der Waals surface area (Å²) < 4.78 is 0. The van der Waals surface area contributed by atoms with Crippen LogP contribution >= 0.6 is 11.8 Å². The third-order valence-electron chi connectivity index (χ3n) is 6.07. The van der Waals surface area contributed by atoms with Crippen LogP contribution in [0.2, 0.25) is 0 Å². The first-order chi connectivity index (χ1) is 15.0. The van der Waals surface area contributed by atoms with E-state index >= 15 is 0 Å². The number of carbonyl (C=O) groups excluding carboxylic acids is 3. The van der Waals surface area contributed by atoms with E-state index in [2.05, 4.69) is 15.6 Å². The van der Waals surface area contributed by atoms with Gasteiger partial charge in [-0.05, 0) is 54.7 Å². The second-order valence-corrected chi connectivity index (χ2v) is 9.21. The fourth-order valence-electron chi connectivity index (χ4n) is 4.27. The number of hydrogen-bond acceptors (Lipinski definition) is 5. The number of anilines is 1. The van der Waals surface area contributed by atoms with Gasteiger partial charge in [0.2, 0.25) is 5.91 Å². The standard InChI is InChI=1S/C23H26N4O3S/c1-16-5-2-3-11-23(16)21(29)27(22(30)26-23)14-20(28)25-18-7-9-19(10-8-18)31-15-17-6-4-12-24-13-17/h4,6-10,12-13,16H,2-3,5,11,14-15H2,1H3,(H,25,28)(H,26,30). The van der Waals surface area contributed by atoms with Crippen molar-refractivity contribution >= 4 is 35.3 Å². The average Bonchev–Trinajstić information content (AvgIpc) is 3.01. The van der Waals surface area contributed by atoms with Gasteiger partial charge in [-0.3, -0.25) is 19.5 Å². The maximum atomic E-state index is 13.0. The molecule has 7 nitrogen and oxygen atoms in total. The Morgan fingerprint density at radius 2 is 2.06 bits per heavy atom. The molecule has 1 aromatic heterocycles. The maximum absolute atomic E-state index is 13.0. The highest BCUT2D eigenvalue weighted by Gasteiger charge is 2.55. The van der Waals surface area contributed by atoms with Crippen molar-refractivity contribution < 1.29 is 14.4 Å². The lowest BCUT2D eigenvalue weighted by molar-refractivity contribution is -0.136. The zero-order chi connectivity index (χ0) is 21.8. The van der Waals surface area contributed by atoms with E-state index < -0.39 is 11.6 Å². The molecule has 0 bridgehead atoms. The molecule has 1 aliphatic carbocycles. The first-order valence-corrected chi connectivity index (χ1v) is 11.5. The molecule has 1 saturated carbocycles. The highest BCUT2D eigenvalue weighted by molar-refractivity contribution is 7.98. The van der Waals surface area contributed by atoms with Crippen molar-refractivity contribution in [1.82, 2.24) is 15.2 Å². The molecule has 1 spiro atoms. The van der Waals surface area contributed by atoms with Gasteiger partial charge in [0.05, 0.1) is 0 Å². The van der Waals surface area contributed by atoms with Crippen LogP contribution in [0.3, 0.4) is 0 Å². The van der Waals surface area contributed by atoms with E-state index in [4.69, 9.17) is 0 Å². The van der Waals surface area contributed by atoms with Crippen LogP contribution in [-0.2, 0) is 15.3 Å². The number of aromatic nitrogens is 1. The molecule has 2 aromatic rings. The Kier molecular flexibility index (Phi) is 6.27. The van der Waals surface area contributed by atoms with Crippen LogP contribution in [0.25, 0.3) is 0 Å². The molecule has 2 heterocycles. The van der Waals surface area contributed by atoms with Crippen LogP contribution in [-0.4, -0.2) is 39.8 Å². The summed E-state index contributed by atoms with van der Waals surface area (Å²) in [7, 11) is 0. The van der Waals surface area contributed by atoms with Gasteiger partial charge in [-0.2, -0.15) is 0 Å². The summed E-state index contributed by atoms with van der Waals surface area (Å²) >= 11 is 1.68. The maximum Gasteiger partial charge on any atom is 0.325 e. The van der Waals surface area contributed by atoms with Crippen LogP contribution in [0.15, 0.2) is 53.7 Å². The normalized spacial score (nSPS) is 23.1. The lowest BCUT2D eigenvalue weighted by atomic mass is 9.73. The Balaban J connectivity index is 1.32. The number of rotatable bonds is 6. The Labute approximate surface area is 186 Å². The second-order valence-electron chi connectivity index (χ2n) is 8.16. The quantitative estimate of drug-likeness (QED) is 0.529. The van der Waals surface area contributed by atoms with Gasteiger partial charge in [0.1, 0.15) is 12.1 Å². The van der Waals surface area contributed by atoms with E-state index in [1.807, 2.05) is 49.5 Å². The number of carbonyl (C=O) groups is 3. The van der Waals surface area contributed by atoms with E-state index in [1.165, 1.54) is 0 Å². The molecule has 1 aromatic carbocycles. The first kappa shape index (κ1) is 21.4. The van der Waals surface area contributed by atoms with Crippen molar-refractivity contribution in [3.63, 3.8) is 0 Å². The van der Waals surface area contributed by atoms with E-state index in [1.54, 1.807) is 18.0 Å². The van der Waals surface area contributed by atoms with Crippen molar-refractivity contribution in [3.8, 4) is 0 Å². The SMILES string of the molecule is CC1CCCCC12NC(=O)N(CC(=O)Nc1ccc(SCc3cccnc3)cc1)C2=O. The molecule has 31 heavy (non-hydrogen) atoms. The van der Waals surface area contributed by atoms with Crippen molar-refractivity contribution in [1.29, 1.82) is 0 Å². The fourth-order valence-corrected chi connectivity index (χ4v) is 5.10. The van der Waals surface area contributed by atoms with Gasteiger partial charge in [0, 0.05) is 28.7 Å². The lowest BCUT2D eigenvalue weighted by Crippen LogP contribution is -2.54. The highest BCUT2D eigenvalue weighted by Crippen LogP contribution is 2.38. The van der Waals surface area contributed by atoms with Crippen molar-refractivity contribution in [2.45, 2.75) is 48.8 Å². The minimum absolute atomic E-state index is 0.0717. The second kappa shape index (κ2) is 9.09. The molecule has 4 amide bonds. The van der Waals surface area contributed by atoms with E-state index in [0.717, 1.165) is 40.4 Å². The zero-order valence-electron chi connectivity index (χ0n) is 17.5. The summed E-state index contributed by atoms with van der Waals surface area (Å²) in [5.41, 5.74) is 0.926. The molecule has 4 rings (SSSR count). The van der Waals surface area contributed by atoms with Gasteiger partial charge < -0.3 is 10.6 Å². The predicted octanol–water partition coefficient (Wildman–Crippen LogP) is 3.81. The smallest absolute Gasteiger partial charge is 0.325 e. The number of imide groups is 1. The minimum Gasteiger partial charge on any atom is -0.325 e. The summed E-state index contributed by atoms with van der Waals surface area (Å²) in [6.07, 6.45) is 7.09. The molecule has 1 aliphatic heterocycles. The van der Waals surface area contributed by atoms with Crippen LogP contribution < -0.4 is 10.6 Å². The Bertz CT molecular complexity index is 967. The molecule has 8 heteroatoms. The van der Waals surface area contributed by atoms with Gasteiger partial charge in [-0.1, -0.05) is 25.8 Å². The number of hydrogen-bond donors (Lipinski definition) is 2. The summed E-state index contributed by atoms with van der Waals surface area (Å²) in [6, 6.07) is 11.0. The number of urea groups is 1. The van der Waals surface area contributed by atoms with Crippen LogP contribution in [0, 0.1) is 5.92 Å². The van der Waals surface area contributed by atoms with Crippen LogP contribution in [0.4, 0.5) is 10.5 Å². The first-order valence-electron chi connectivity index (χ1n) is 10.5. The van der Waals surface area contributed by atoms with Crippen LogP contribution in [0.1, 0.15) is 38.2 Å². The summed E-state index contributed by atoms with van der Waals surface area (Å²) in [5.74, 6) is 0.218. The molecular weight excluding hydrogens is 412 g/mol. The topological polar surface area (TPSA) is 91.4 Å². The fraction of sp³-hybridized carbons (Fsp3) is 0.391. The molecule has 162 valence electrons. The van der Waals surface area contributed by atoms with Gasteiger partial charge >= 0.3 is 6.03 Å². The monoisotopic (exact) mass is 438 g/mol. The Morgan fingerprint density at radius 1 is 1.26 bits per heavy atom. The van der Waals surface area contributed by atoms with Gasteiger partial charge in [0.25, 0.3) is 5.91 Å². The number of pyridine rings is 1. The number of nitrogens with one attached hydrogen (secondary N) is 2. The van der Waals surface area contributed by atoms with Gasteiger partial charge in [0.15, 0.2) is 0 Å². The van der Waals surface area contributed by atoms with Crippen molar-refractivity contribution in [2.75, 3.05) is 11.9 Å². The molecule has 2 fully saturated rings. The van der Waals surface area contributed by atoms with Crippen molar-refractivity contribution in [3.05, 3.63) is 54.4 Å². The average molecular weight is 439 g/mol. The largest absolute Gasteiger partial charge is 0.325 e. The number of benzene rings is 1. The van der Waals surface area contributed by atoms with Gasteiger partial charge in [-0.15, -0.1) is 11.8 Å². The van der Waals surface area contributed by atoms with Gasteiger partial charge in [-0.25, -0.2) is 4.79 Å². The van der Waals surface area contributed by atoms with E-state index in [9.17, 15) is 14.4 Å². The molecule has 2 atom stereocenters. The third kappa shape index (κ3) is 4.58. The number of thioether (sulfide) groups is 1. The summed E-state index contributed by atoms with van der Waals surface area (Å²) in [4.78, 5) is 44.2.